The van der Waals surface area contributed by atoms with Gasteiger partial charge in [0.1, 0.15) is 17.9 Å². The number of carbonyl (C=O) groups excluding carboxylic acids is 1. The van der Waals surface area contributed by atoms with E-state index in [0.717, 1.165) is 24.3 Å². The third-order valence-electron chi connectivity index (χ3n) is 4.29. The minimum Gasteiger partial charge on any atom is -0.493 e. The summed E-state index contributed by atoms with van der Waals surface area (Å²) in [6.45, 7) is 2.26. The number of benzene rings is 2. The molecule has 2 aromatic rings. The molecule has 1 amide bonds. The number of carbonyl (C=O) groups is 1. The monoisotopic (exact) mass is 472 g/mol. The molecule has 0 aliphatic heterocycles. The number of rotatable bonds is 11. The second-order valence-corrected chi connectivity index (χ2v) is 6.63. The molecule has 33 heavy (non-hydrogen) atoms. The van der Waals surface area contributed by atoms with Crippen molar-refractivity contribution in [3.8, 4) is 17.2 Å². The van der Waals surface area contributed by atoms with Gasteiger partial charge in [0.2, 0.25) is 0 Å². The summed E-state index contributed by atoms with van der Waals surface area (Å²) in [6, 6.07) is 4.68. The van der Waals surface area contributed by atoms with Crippen molar-refractivity contribution in [2.75, 3.05) is 39.4 Å². The Labute approximate surface area is 187 Å². The lowest BCUT2D eigenvalue weighted by Crippen LogP contribution is -2.17. The zero-order valence-electron chi connectivity index (χ0n) is 18.2. The van der Waals surface area contributed by atoms with E-state index in [1.807, 2.05) is 0 Å². The summed E-state index contributed by atoms with van der Waals surface area (Å²) in [7, 11) is 2.72. The minimum absolute atomic E-state index is 0.00355. The maximum Gasteiger partial charge on any atom is 0.416 e. The average molecular weight is 472 g/mol. The smallest absolute Gasteiger partial charge is 0.416 e. The number of anilines is 1. The lowest BCUT2D eigenvalue weighted by atomic mass is 10.1. The van der Waals surface area contributed by atoms with E-state index in [1.165, 1.54) is 14.2 Å². The van der Waals surface area contributed by atoms with Crippen LogP contribution in [0.25, 0.3) is 0 Å². The van der Waals surface area contributed by atoms with Gasteiger partial charge in [0.05, 0.1) is 42.6 Å². The fourth-order valence-electron chi connectivity index (χ4n) is 2.72. The van der Waals surface area contributed by atoms with E-state index in [4.69, 9.17) is 18.9 Å². The maximum absolute atomic E-state index is 13.2. The Kier molecular flexibility index (Phi) is 8.85. The van der Waals surface area contributed by atoms with E-state index in [9.17, 15) is 28.1 Å². The minimum atomic E-state index is -4.67. The van der Waals surface area contributed by atoms with Crippen LogP contribution in [0.1, 0.15) is 29.3 Å². The topological polar surface area (TPSA) is 109 Å². The van der Waals surface area contributed by atoms with Crippen LogP contribution in [-0.4, -0.2) is 44.9 Å². The van der Waals surface area contributed by atoms with E-state index in [2.05, 4.69) is 5.32 Å². The van der Waals surface area contributed by atoms with Gasteiger partial charge in [-0.2, -0.15) is 13.2 Å². The molecule has 0 spiro atoms. The Morgan fingerprint density at radius 2 is 1.73 bits per heavy atom. The fraction of sp³-hybridized carbons (Fsp3) is 0.381. The van der Waals surface area contributed by atoms with Crippen LogP contribution in [0.5, 0.6) is 17.2 Å². The van der Waals surface area contributed by atoms with Crippen molar-refractivity contribution in [2.24, 2.45) is 0 Å². The Morgan fingerprint density at radius 3 is 2.30 bits per heavy atom. The quantitative estimate of drug-likeness (QED) is 0.287. The van der Waals surface area contributed by atoms with Crippen molar-refractivity contribution in [3.05, 3.63) is 51.6 Å². The SMILES string of the molecule is CCCOc1ccc(C(F)(F)F)cc1NC(=O)c1cc(OC)c(OCCOC)cc1[N+](=O)[O-]. The highest BCUT2D eigenvalue weighted by atomic mass is 19.4. The third kappa shape index (κ3) is 6.72. The number of hydrogen-bond donors (Lipinski definition) is 1. The van der Waals surface area contributed by atoms with E-state index in [0.29, 0.717) is 12.5 Å². The molecule has 180 valence electrons. The molecule has 12 heteroatoms. The van der Waals surface area contributed by atoms with Crippen molar-refractivity contribution in [1.82, 2.24) is 0 Å². The molecule has 2 aromatic carbocycles. The van der Waals surface area contributed by atoms with Gasteiger partial charge in [-0.3, -0.25) is 14.9 Å². The predicted molar refractivity (Wildman–Crippen MR) is 112 cm³/mol. The lowest BCUT2D eigenvalue weighted by Gasteiger charge is -2.16. The maximum atomic E-state index is 13.2. The normalized spacial score (nSPS) is 11.1. The van der Waals surface area contributed by atoms with Crippen molar-refractivity contribution < 1.29 is 41.8 Å². The number of amides is 1. The van der Waals surface area contributed by atoms with E-state index in [-0.39, 0.29) is 42.8 Å². The molecule has 0 radical (unpaired) electrons. The second-order valence-electron chi connectivity index (χ2n) is 6.63. The van der Waals surface area contributed by atoms with Crippen molar-refractivity contribution in [1.29, 1.82) is 0 Å². The number of nitro groups is 1. The Hall–Kier alpha value is -3.54. The Morgan fingerprint density at radius 1 is 1.03 bits per heavy atom. The van der Waals surface area contributed by atoms with Gasteiger partial charge >= 0.3 is 6.18 Å². The summed E-state index contributed by atoms with van der Waals surface area (Å²) < 4.78 is 60.3. The summed E-state index contributed by atoms with van der Waals surface area (Å²) in [5.74, 6) is -1.01. The van der Waals surface area contributed by atoms with Crippen LogP contribution in [0.15, 0.2) is 30.3 Å². The molecule has 0 bridgehead atoms. The van der Waals surface area contributed by atoms with Gasteiger partial charge < -0.3 is 24.3 Å². The molecule has 9 nitrogen and oxygen atoms in total. The van der Waals surface area contributed by atoms with E-state index < -0.39 is 33.8 Å². The number of nitro benzene ring substituents is 1. The highest BCUT2D eigenvalue weighted by molar-refractivity contribution is 6.08. The van der Waals surface area contributed by atoms with Gasteiger partial charge in [-0.25, -0.2) is 0 Å². The Balaban J connectivity index is 2.47. The summed E-state index contributed by atoms with van der Waals surface area (Å²) in [6.07, 6.45) is -4.10. The molecule has 0 saturated carbocycles. The van der Waals surface area contributed by atoms with Crippen molar-refractivity contribution in [3.63, 3.8) is 0 Å². The summed E-state index contributed by atoms with van der Waals surface area (Å²) in [5.41, 5.74) is -2.36. The van der Waals surface area contributed by atoms with Crippen LogP contribution in [-0.2, 0) is 10.9 Å². The fourth-order valence-corrected chi connectivity index (χ4v) is 2.72. The van der Waals surface area contributed by atoms with Gasteiger partial charge in [0.15, 0.2) is 11.5 Å². The number of alkyl halides is 3. The van der Waals surface area contributed by atoms with Crippen LogP contribution in [0.3, 0.4) is 0 Å². The number of methoxy groups -OCH3 is 2. The first-order valence-electron chi connectivity index (χ1n) is 9.75. The van der Waals surface area contributed by atoms with E-state index in [1.54, 1.807) is 6.92 Å². The highest BCUT2D eigenvalue weighted by Crippen LogP contribution is 2.38. The number of halogens is 3. The molecule has 0 aromatic heterocycles. The highest BCUT2D eigenvalue weighted by Gasteiger charge is 2.32. The zero-order valence-corrected chi connectivity index (χ0v) is 18.2. The first kappa shape index (κ1) is 25.7. The second kappa shape index (κ2) is 11.4. The number of nitrogens with one attached hydrogen (secondary N) is 1. The molecule has 2 rings (SSSR count). The number of ether oxygens (including phenoxy) is 4. The summed E-state index contributed by atoms with van der Waals surface area (Å²) >= 11 is 0. The molecule has 0 aliphatic carbocycles. The van der Waals surface area contributed by atoms with Gasteiger partial charge in [-0.05, 0) is 24.6 Å². The molecule has 0 unspecified atom stereocenters. The largest absolute Gasteiger partial charge is 0.493 e. The third-order valence-corrected chi connectivity index (χ3v) is 4.29. The van der Waals surface area contributed by atoms with Crippen LogP contribution < -0.4 is 19.5 Å². The molecule has 0 fully saturated rings. The van der Waals surface area contributed by atoms with Crippen LogP contribution in [0, 0.1) is 10.1 Å². The predicted octanol–water partition coefficient (Wildman–Crippen LogP) is 4.69. The molecule has 0 saturated heterocycles. The molecule has 1 N–H and O–H groups in total. The molecule has 0 heterocycles. The van der Waals surface area contributed by atoms with Crippen LogP contribution in [0.4, 0.5) is 24.5 Å². The first-order chi connectivity index (χ1) is 15.6. The first-order valence-corrected chi connectivity index (χ1v) is 9.75. The van der Waals surface area contributed by atoms with E-state index >= 15 is 0 Å². The average Bonchev–Trinajstić information content (AvgIpc) is 2.77. The van der Waals surface area contributed by atoms with Gasteiger partial charge in [-0.1, -0.05) is 6.92 Å². The zero-order chi connectivity index (χ0) is 24.6. The van der Waals surface area contributed by atoms with Crippen LogP contribution in [0.2, 0.25) is 0 Å². The molecule has 0 atom stereocenters. The molecule has 0 aliphatic rings. The van der Waals surface area contributed by atoms with Crippen molar-refractivity contribution >= 4 is 17.3 Å². The molecular formula is C21H23F3N2O7. The van der Waals surface area contributed by atoms with Gasteiger partial charge in [0, 0.05) is 13.2 Å². The standard InChI is InChI=1S/C21H23F3N2O7/c1-4-7-32-17-6-5-13(21(22,23)24)10-15(17)25-20(27)14-11-18(31-3)19(33-9-8-30-2)12-16(14)26(28)29/h5-6,10-12H,4,7-9H2,1-3H3,(H,25,27). The van der Waals surface area contributed by atoms with Gasteiger partial charge in [-0.15, -0.1) is 0 Å². The van der Waals surface area contributed by atoms with Crippen molar-refractivity contribution in [2.45, 2.75) is 19.5 Å². The number of hydrogen-bond acceptors (Lipinski definition) is 7. The number of nitrogens with zero attached hydrogens (tertiary/aromatic N) is 1. The summed E-state index contributed by atoms with van der Waals surface area (Å²) in [5, 5.41) is 13.9. The van der Waals surface area contributed by atoms with Gasteiger partial charge in [0.25, 0.3) is 11.6 Å². The summed E-state index contributed by atoms with van der Waals surface area (Å²) in [4.78, 5) is 23.7. The lowest BCUT2D eigenvalue weighted by molar-refractivity contribution is -0.385. The molecular weight excluding hydrogens is 449 g/mol. The Bertz CT molecular complexity index is 997. The van der Waals surface area contributed by atoms with Crippen LogP contribution >= 0.6 is 0 Å².